The Bertz CT molecular complexity index is 425. The van der Waals surface area contributed by atoms with E-state index in [1.165, 1.54) is 44.1 Å². The van der Waals surface area contributed by atoms with Gasteiger partial charge in [0, 0.05) is 25.2 Å². The van der Waals surface area contributed by atoms with E-state index in [1.807, 2.05) is 0 Å². The Kier molecular flexibility index (Phi) is 6.27. The summed E-state index contributed by atoms with van der Waals surface area (Å²) < 4.78 is 0. The second-order valence-electron chi connectivity index (χ2n) is 6.06. The minimum Gasteiger partial charge on any atom is -0.370 e. The van der Waals surface area contributed by atoms with Crippen LogP contribution in [0.1, 0.15) is 64.4 Å². The first-order chi connectivity index (χ1) is 10.3. The molecule has 118 valence electrons. The first kappa shape index (κ1) is 16.1. The molecule has 21 heavy (non-hydrogen) atoms. The average molecular weight is 290 g/mol. The SMILES string of the molecule is CCCNc1ncnc(N(C)C2CCCCCC2)c1CC. The maximum Gasteiger partial charge on any atom is 0.137 e. The molecule has 4 heteroatoms. The summed E-state index contributed by atoms with van der Waals surface area (Å²) in [5.74, 6) is 2.14. The summed E-state index contributed by atoms with van der Waals surface area (Å²) in [7, 11) is 2.21. The van der Waals surface area contributed by atoms with Crippen LogP contribution in [0.5, 0.6) is 0 Å². The van der Waals surface area contributed by atoms with Crippen LogP contribution in [0.3, 0.4) is 0 Å². The topological polar surface area (TPSA) is 41.1 Å². The molecule has 1 aliphatic carbocycles. The van der Waals surface area contributed by atoms with Crippen molar-refractivity contribution in [3.63, 3.8) is 0 Å². The number of aromatic nitrogens is 2. The molecule has 1 heterocycles. The van der Waals surface area contributed by atoms with E-state index in [1.54, 1.807) is 6.33 Å². The van der Waals surface area contributed by atoms with E-state index in [0.717, 1.165) is 31.0 Å². The third-order valence-electron chi connectivity index (χ3n) is 4.53. The van der Waals surface area contributed by atoms with Gasteiger partial charge >= 0.3 is 0 Å². The predicted molar refractivity (Wildman–Crippen MR) is 90.1 cm³/mol. The zero-order valence-corrected chi connectivity index (χ0v) is 13.9. The quantitative estimate of drug-likeness (QED) is 0.803. The van der Waals surface area contributed by atoms with Gasteiger partial charge in [-0.2, -0.15) is 0 Å². The number of rotatable bonds is 6. The highest BCUT2D eigenvalue weighted by Gasteiger charge is 2.21. The van der Waals surface area contributed by atoms with Crippen molar-refractivity contribution in [2.45, 2.75) is 71.3 Å². The molecule has 0 aliphatic heterocycles. The van der Waals surface area contributed by atoms with Crippen LogP contribution in [-0.2, 0) is 6.42 Å². The highest BCUT2D eigenvalue weighted by molar-refractivity contribution is 5.58. The second kappa shape index (κ2) is 8.20. The summed E-state index contributed by atoms with van der Waals surface area (Å²) in [5.41, 5.74) is 1.26. The van der Waals surface area contributed by atoms with Crippen LogP contribution in [0.4, 0.5) is 11.6 Å². The Balaban J connectivity index is 2.20. The van der Waals surface area contributed by atoms with E-state index in [2.05, 4.69) is 41.1 Å². The van der Waals surface area contributed by atoms with Gasteiger partial charge in [0.2, 0.25) is 0 Å². The van der Waals surface area contributed by atoms with E-state index in [9.17, 15) is 0 Å². The van der Waals surface area contributed by atoms with Crippen LogP contribution in [0.25, 0.3) is 0 Å². The summed E-state index contributed by atoms with van der Waals surface area (Å²) in [6.45, 7) is 5.34. The van der Waals surface area contributed by atoms with Crippen molar-refractivity contribution < 1.29 is 0 Å². The summed E-state index contributed by atoms with van der Waals surface area (Å²) in [4.78, 5) is 11.4. The van der Waals surface area contributed by atoms with Crippen molar-refractivity contribution in [2.75, 3.05) is 23.8 Å². The Morgan fingerprint density at radius 1 is 1.14 bits per heavy atom. The molecule has 0 spiro atoms. The van der Waals surface area contributed by atoms with Gasteiger partial charge in [-0.1, -0.05) is 39.5 Å². The summed E-state index contributed by atoms with van der Waals surface area (Å²) in [6.07, 6.45) is 11.9. The molecule has 2 rings (SSSR count). The lowest BCUT2D eigenvalue weighted by Crippen LogP contribution is -2.33. The standard InChI is InChI=1S/C17H30N4/c1-4-12-18-16-15(5-2)17(20-13-19-16)21(3)14-10-8-6-7-9-11-14/h13-14H,4-12H2,1-3H3,(H,18,19,20). The van der Waals surface area contributed by atoms with Crippen molar-refractivity contribution in [3.05, 3.63) is 11.9 Å². The Morgan fingerprint density at radius 2 is 1.86 bits per heavy atom. The molecule has 0 saturated heterocycles. The second-order valence-corrected chi connectivity index (χ2v) is 6.06. The van der Waals surface area contributed by atoms with E-state index >= 15 is 0 Å². The van der Waals surface area contributed by atoms with Crippen LogP contribution in [-0.4, -0.2) is 29.6 Å². The molecule has 1 N–H and O–H groups in total. The molecule has 0 aromatic carbocycles. The van der Waals surface area contributed by atoms with Crippen molar-refractivity contribution in [1.82, 2.24) is 9.97 Å². The lowest BCUT2D eigenvalue weighted by molar-refractivity contribution is 0.547. The van der Waals surface area contributed by atoms with Crippen LogP contribution in [0, 0.1) is 0 Å². The minimum atomic E-state index is 0.631. The molecule has 1 aromatic heterocycles. The fourth-order valence-electron chi connectivity index (χ4n) is 3.25. The van der Waals surface area contributed by atoms with Crippen molar-refractivity contribution >= 4 is 11.6 Å². The molecule has 1 aromatic rings. The molecule has 0 bridgehead atoms. The normalized spacial score (nSPS) is 16.5. The summed E-state index contributed by atoms with van der Waals surface area (Å²) >= 11 is 0. The van der Waals surface area contributed by atoms with Crippen molar-refractivity contribution in [1.29, 1.82) is 0 Å². The van der Waals surface area contributed by atoms with Gasteiger partial charge in [0.05, 0.1) is 0 Å². The molecular formula is C17H30N4. The monoisotopic (exact) mass is 290 g/mol. The maximum absolute atomic E-state index is 4.60. The zero-order chi connectivity index (χ0) is 15.1. The first-order valence-electron chi connectivity index (χ1n) is 8.58. The molecule has 0 radical (unpaired) electrons. The van der Waals surface area contributed by atoms with Crippen LogP contribution >= 0.6 is 0 Å². The van der Waals surface area contributed by atoms with Gasteiger partial charge in [0.25, 0.3) is 0 Å². The van der Waals surface area contributed by atoms with E-state index in [0.29, 0.717) is 6.04 Å². The predicted octanol–water partition coefficient (Wildman–Crippen LogP) is 4.02. The maximum atomic E-state index is 4.60. The molecule has 0 atom stereocenters. The van der Waals surface area contributed by atoms with Gasteiger partial charge in [-0.05, 0) is 25.7 Å². The zero-order valence-electron chi connectivity index (χ0n) is 13.9. The van der Waals surface area contributed by atoms with Crippen LogP contribution in [0.2, 0.25) is 0 Å². The van der Waals surface area contributed by atoms with Crippen molar-refractivity contribution in [2.24, 2.45) is 0 Å². The number of anilines is 2. The van der Waals surface area contributed by atoms with Gasteiger partial charge < -0.3 is 10.2 Å². The molecule has 4 nitrogen and oxygen atoms in total. The molecule has 0 unspecified atom stereocenters. The number of hydrogen-bond donors (Lipinski definition) is 1. The van der Waals surface area contributed by atoms with E-state index in [-0.39, 0.29) is 0 Å². The molecule has 0 amide bonds. The Morgan fingerprint density at radius 3 is 2.48 bits per heavy atom. The molecular weight excluding hydrogens is 260 g/mol. The number of nitrogens with zero attached hydrogens (tertiary/aromatic N) is 3. The van der Waals surface area contributed by atoms with Gasteiger partial charge in [0.15, 0.2) is 0 Å². The summed E-state index contributed by atoms with van der Waals surface area (Å²) in [6, 6.07) is 0.631. The lowest BCUT2D eigenvalue weighted by atomic mass is 10.1. The van der Waals surface area contributed by atoms with Gasteiger partial charge in [-0.15, -0.1) is 0 Å². The highest BCUT2D eigenvalue weighted by atomic mass is 15.2. The minimum absolute atomic E-state index is 0.631. The largest absolute Gasteiger partial charge is 0.370 e. The van der Waals surface area contributed by atoms with Crippen LogP contribution in [0.15, 0.2) is 6.33 Å². The Labute approximate surface area is 129 Å². The third-order valence-corrected chi connectivity index (χ3v) is 4.53. The summed E-state index contributed by atoms with van der Waals surface area (Å²) in [5, 5.41) is 3.45. The molecule has 1 aliphatic rings. The number of hydrogen-bond acceptors (Lipinski definition) is 4. The number of nitrogens with one attached hydrogen (secondary N) is 1. The smallest absolute Gasteiger partial charge is 0.137 e. The molecule has 1 fully saturated rings. The van der Waals surface area contributed by atoms with Gasteiger partial charge in [-0.25, -0.2) is 9.97 Å². The fraction of sp³-hybridized carbons (Fsp3) is 0.765. The Hall–Kier alpha value is -1.32. The van der Waals surface area contributed by atoms with Gasteiger partial charge in [0.1, 0.15) is 18.0 Å². The van der Waals surface area contributed by atoms with Crippen molar-refractivity contribution in [3.8, 4) is 0 Å². The van der Waals surface area contributed by atoms with Gasteiger partial charge in [-0.3, -0.25) is 0 Å². The van der Waals surface area contributed by atoms with E-state index < -0.39 is 0 Å². The lowest BCUT2D eigenvalue weighted by Gasteiger charge is -2.30. The molecule has 1 saturated carbocycles. The average Bonchev–Trinajstić information content (AvgIpc) is 2.80. The first-order valence-corrected chi connectivity index (χ1v) is 8.58. The highest BCUT2D eigenvalue weighted by Crippen LogP contribution is 2.29. The third kappa shape index (κ3) is 4.08. The van der Waals surface area contributed by atoms with Crippen LogP contribution < -0.4 is 10.2 Å². The fourth-order valence-corrected chi connectivity index (χ4v) is 3.25. The van der Waals surface area contributed by atoms with E-state index in [4.69, 9.17) is 0 Å².